The second-order valence-electron chi connectivity index (χ2n) is 5.94. The summed E-state index contributed by atoms with van der Waals surface area (Å²) < 4.78 is 0. The van der Waals surface area contributed by atoms with Crippen molar-refractivity contribution in [2.45, 2.75) is 96.8 Å². The van der Waals surface area contributed by atoms with E-state index in [4.69, 9.17) is 11.1 Å². The van der Waals surface area contributed by atoms with Crippen LogP contribution in [-0.4, -0.2) is 12.5 Å². The van der Waals surface area contributed by atoms with E-state index in [0.29, 0.717) is 0 Å². The molecule has 0 spiro atoms. The lowest BCUT2D eigenvalue weighted by Crippen LogP contribution is -2.30. The van der Waals surface area contributed by atoms with E-state index in [2.05, 4.69) is 12.2 Å². The van der Waals surface area contributed by atoms with Gasteiger partial charge in [0, 0.05) is 6.54 Å². The maximum Gasteiger partial charge on any atom is 0.185 e. The molecule has 120 valence electrons. The number of guanidine groups is 1. The van der Waals surface area contributed by atoms with Crippen LogP contribution in [0.5, 0.6) is 0 Å². The fourth-order valence-corrected chi connectivity index (χ4v) is 2.54. The van der Waals surface area contributed by atoms with Gasteiger partial charge in [-0.1, -0.05) is 90.4 Å². The van der Waals surface area contributed by atoms with Crippen molar-refractivity contribution in [3.05, 3.63) is 0 Å². The van der Waals surface area contributed by atoms with Crippen LogP contribution < -0.4 is 11.1 Å². The van der Waals surface area contributed by atoms with Gasteiger partial charge in [0.05, 0.1) is 0 Å². The summed E-state index contributed by atoms with van der Waals surface area (Å²) in [5.74, 6) is 0.0969. The molecule has 0 aliphatic carbocycles. The largest absolute Gasteiger partial charge is 0.370 e. The summed E-state index contributed by atoms with van der Waals surface area (Å²) in [5.41, 5.74) is 5.22. The maximum atomic E-state index is 7.03. The van der Waals surface area contributed by atoms with E-state index in [1.165, 1.54) is 83.5 Å². The number of unbranched alkanes of at least 4 members (excludes halogenated alkanes) is 13. The molecule has 0 unspecified atom stereocenters. The zero-order valence-corrected chi connectivity index (χ0v) is 13.7. The number of nitrogens with two attached hydrogens (primary N) is 1. The first kappa shape index (κ1) is 19.3. The van der Waals surface area contributed by atoms with Gasteiger partial charge in [-0.3, -0.25) is 5.41 Å². The van der Waals surface area contributed by atoms with Crippen LogP contribution in [0.4, 0.5) is 0 Å². The highest BCUT2D eigenvalue weighted by Gasteiger charge is 1.94. The smallest absolute Gasteiger partial charge is 0.185 e. The quantitative estimate of drug-likeness (QED) is 0.226. The SMILES string of the molecule is CCCCCCCCCCCCCCCCNC(=N)N. The Morgan fingerprint density at radius 2 is 1.05 bits per heavy atom. The van der Waals surface area contributed by atoms with Crippen molar-refractivity contribution in [2.75, 3.05) is 6.54 Å². The van der Waals surface area contributed by atoms with E-state index < -0.39 is 0 Å². The van der Waals surface area contributed by atoms with Crippen LogP contribution in [0.2, 0.25) is 0 Å². The normalized spacial score (nSPS) is 10.7. The van der Waals surface area contributed by atoms with Crippen molar-refractivity contribution in [3.63, 3.8) is 0 Å². The molecule has 20 heavy (non-hydrogen) atoms. The van der Waals surface area contributed by atoms with Crippen LogP contribution in [0.1, 0.15) is 96.8 Å². The van der Waals surface area contributed by atoms with Crippen molar-refractivity contribution >= 4 is 5.96 Å². The summed E-state index contributed by atoms with van der Waals surface area (Å²) in [6, 6.07) is 0. The van der Waals surface area contributed by atoms with Gasteiger partial charge in [-0.05, 0) is 6.42 Å². The second kappa shape index (κ2) is 16.3. The first-order valence-corrected chi connectivity index (χ1v) is 8.85. The highest BCUT2D eigenvalue weighted by molar-refractivity contribution is 5.74. The number of hydrogen-bond acceptors (Lipinski definition) is 1. The molecular weight excluding hydrogens is 246 g/mol. The first-order valence-electron chi connectivity index (χ1n) is 8.85. The predicted molar refractivity (Wildman–Crippen MR) is 90.2 cm³/mol. The average Bonchev–Trinajstić information content (AvgIpc) is 2.43. The molecule has 0 rings (SSSR count). The van der Waals surface area contributed by atoms with Gasteiger partial charge in [0.15, 0.2) is 5.96 Å². The summed E-state index contributed by atoms with van der Waals surface area (Å²) in [4.78, 5) is 0. The third-order valence-electron chi connectivity index (χ3n) is 3.85. The minimum absolute atomic E-state index is 0.0969. The third kappa shape index (κ3) is 17.3. The van der Waals surface area contributed by atoms with Crippen LogP contribution >= 0.6 is 0 Å². The minimum Gasteiger partial charge on any atom is -0.370 e. The standard InChI is InChI=1S/C17H37N3/c1-2-3-4-5-6-7-8-9-10-11-12-13-14-15-16-20-17(18)19/h2-16H2,1H3,(H4,18,19,20). The monoisotopic (exact) mass is 283 g/mol. The molecule has 3 nitrogen and oxygen atoms in total. The van der Waals surface area contributed by atoms with E-state index >= 15 is 0 Å². The number of nitrogens with one attached hydrogen (secondary N) is 2. The minimum atomic E-state index is 0.0969. The number of rotatable bonds is 15. The van der Waals surface area contributed by atoms with Gasteiger partial charge in [0.1, 0.15) is 0 Å². The van der Waals surface area contributed by atoms with Gasteiger partial charge >= 0.3 is 0 Å². The van der Waals surface area contributed by atoms with Gasteiger partial charge in [0.2, 0.25) is 0 Å². The van der Waals surface area contributed by atoms with Crippen molar-refractivity contribution < 1.29 is 0 Å². The van der Waals surface area contributed by atoms with E-state index in [0.717, 1.165) is 13.0 Å². The zero-order valence-electron chi connectivity index (χ0n) is 13.7. The molecule has 4 N–H and O–H groups in total. The predicted octanol–water partition coefficient (Wildman–Crippen LogP) is 4.95. The zero-order chi connectivity index (χ0) is 14.9. The summed E-state index contributed by atoms with van der Waals surface area (Å²) in [6.45, 7) is 3.13. The molecule has 0 aliphatic heterocycles. The molecule has 0 atom stereocenters. The third-order valence-corrected chi connectivity index (χ3v) is 3.85. The van der Waals surface area contributed by atoms with Crippen molar-refractivity contribution in [1.82, 2.24) is 5.32 Å². The molecular formula is C17H37N3. The summed E-state index contributed by atoms with van der Waals surface area (Å²) in [7, 11) is 0. The molecule has 0 radical (unpaired) electrons. The van der Waals surface area contributed by atoms with Crippen molar-refractivity contribution in [3.8, 4) is 0 Å². The van der Waals surface area contributed by atoms with Gasteiger partial charge in [-0.25, -0.2) is 0 Å². The van der Waals surface area contributed by atoms with Crippen LogP contribution in [-0.2, 0) is 0 Å². The Morgan fingerprint density at radius 3 is 1.40 bits per heavy atom. The van der Waals surface area contributed by atoms with Crippen molar-refractivity contribution in [2.24, 2.45) is 5.73 Å². The van der Waals surface area contributed by atoms with Crippen molar-refractivity contribution in [1.29, 1.82) is 5.41 Å². The van der Waals surface area contributed by atoms with Crippen LogP contribution in [0.3, 0.4) is 0 Å². The lowest BCUT2D eigenvalue weighted by Gasteiger charge is -2.04. The average molecular weight is 284 g/mol. The molecule has 0 aromatic rings. The molecule has 0 aromatic carbocycles. The maximum absolute atomic E-state index is 7.03. The topological polar surface area (TPSA) is 61.9 Å². The van der Waals surface area contributed by atoms with E-state index in [9.17, 15) is 0 Å². The van der Waals surface area contributed by atoms with Gasteiger partial charge in [-0.2, -0.15) is 0 Å². The fraction of sp³-hybridized carbons (Fsp3) is 0.941. The second-order valence-corrected chi connectivity index (χ2v) is 5.94. The molecule has 3 heteroatoms. The highest BCUT2D eigenvalue weighted by Crippen LogP contribution is 2.12. The van der Waals surface area contributed by atoms with Gasteiger partial charge < -0.3 is 11.1 Å². The van der Waals surface area contributed by atoms with Gasteiger partial charge in [0.25, 0.3) is 0 Å². The lowest BCUT2D eigenvalue weighted by molar-refractivity contribution is 0.535. The molecule has 0 bridgehead atoms. The van der Waals surface area contributed by atoms with E-state index in [1.807, 2.05) is 0 Å². The number of hydrogen-bond donors (Lipinski definition) is 3. The molecule has 0 fully saturated rings. The Kier molecular flexibility index (Phi) is 15.7. The molecule has 0 saturated heterocycles. The van der Waals surface area contributed by atoms with E-state index in [-0.39, 0.29) is 5.96 Å². The molecule has 0 aromatic heterocycles. The Balaban J connectivity index is 2.94. The molecule has 0 saturated carbocycles. The van der Waals surface area contributed by atoms with Gasteiger partial charge in [-0.15, -0.1) is 0 Å². The Morgan fingerprint density at radius 1 is 0.700 bits per heavy atom. The molecule has 0 heterocycles. The van der Waals surface area contributed by atoms with E-state index in [1.54, 1.807) is 0 Å². The summed E-state index contributed by atoms with van der Waals surface area (Å²) in [6.07, 6.45) is 19.3. The van der Waals surface area contributed by atoms with Crippen LogP contribution in [0.15, 0.2) is 0 Å². The first-order chi connectivity index (χ1) is 9.77. The van der Waals surface area contributed by atoms with Crippen LogP contribution in [0, 0.1) is 5.41 Å². The highest BCUT2D eigenvalue weighted by atomic mass is 15.0. The molecule has 0 amide bonds. The fourth-order valence-electron chi connectivity index (χ4n) is 2.54. The summed E-state index contributed by atoms with van der Waals surface area (Å²) in [5, 5.41) is 9.88. The Hall–Kier alpha value is -0.730. The Labute approximate surface area is 126 Å². The molecule has 0 aliphatic rings. The Bertz CT molecular complexity index is 204. The lowest BCUT2D eigenvalue weighted by atomic mass is 10.0. The van der Waals surface area contributed by atoms with Crippen LogP contribution in [0.25, 0.3) is 0 Å². The summed E-state index contributed by atoms with van der Waals surface area (Å²) >= 11 is 0.